The van der Waals surface area contributed by atoms with Crippen molar-refractivity contribution in [1.82, 2.24) is 4.72 Å². The van der Waals surface area contributed by atoms with Crippen molar-refractivity contribution in [2.75, 3.05) is 12.3 Å². The lowest BCUT2D eigenvalue weighted by atomic mass is 10.3. The summed E-state index contributed by atoms with van der Waals surface area (Å²) in [6, 6.07) is 2.45. The molecule has 0 aliphatic heterocycles. The fourth-order valence-corrected chi connectivity index (χ4v) is 3.59. The molecule has 18 heavy (non-hydrogen) atoms. The van der Waals surface area contributed by atoms with E-state index in [4.69, 9.17) is 5.73 Å². The molecule has 4 nitrogen and oxygen atoms in total. The minimum atomic E-state index is -3.85. The van der Waals surface area contributed by atoms with Gasteiger partial charge >= 0.3 is 0 Å². The average Bonchev–Trinajstić information content (AvgIpc) is 2.97. The number of halogens is 2. The number of rotatable bonds is 4. The van der Waals surface area contributed by atoms with Crippen LogP contribution in [0.2, 0.25) is 0 Å². The van der Waals surface area contributed by atoms with Gasteiger partial charge in [-0.15, -0.1) is 0 Å². The van der Waals surface area contributed by atoms with Crippen molar-refractivity contribution in [3.8, 4) is 0 Å². The highest BCUT2D eigenvalue weighted by Gasteiger charge is 2.34. The average molecular weight is 337 g/mol. The Hall–Kier alpha value is -0.660. The lowest BCUT2D eigenvalue weighted by Gasteiger charge is -2.09. The molecule has 2 unspecified atom stereocenters. The third kappa shape index (κ3) is 2.84. The third-order valence-corrected chi connectivity index (χ3v) is 5.12. The van der Waals surface area contributed by atoms with E-state index in [0.29, 0.717) is 18.4 Å². The predicted octanol–water partition coefficient (Wildman–Crippen LogP) is 2.10. The van der Waals surface area contributed by atoms with Crippen LogP contribution in [0, 0.1) is 17.7 Å². The van der Waals surface area contributed by atoms with E-state index in [2.05, 4.69) is 27.6 Å². The van der Waals surface area contributed by atoms with E-state index in [9.17, 15) is 12.8 Å². The maximum absolute atomic E-state index is 13.8. The second kappa shape index (κ2) is 4.79. The zero-order chi connectivity index (χ0) is 13.5. The van der Waals surface area contributed by atoms with Crippen molar-refractivity contribution in [2.45, 2.75) is 18.2 Å². The van der Waals surface area contributed by atoms with Gasteiger partial charge in [-0.1, -0.05) is 6.92 Å². The molecule has 0 radical (unpaired) electrons. The second-order valence-corrected chi connectivity index (χ2v) is 7.23. The van der Waals surface area contributed by atoms with Crippen LogP contribution in [0.1, 0.15) is 13.3 Å². The molecule has 0 spiro atoms. The van der Waals surface area contributed by atoms with Crippen molar-refractivity contribution in [3.63, 3.8) is 0 Å². The molecule has 0 heterocycles. The van der Waals surface area contributed by atoms with E-state index in [1.165, 1.54) is 6.07 Å². The number of hydrogen-bond acceptors (Lipinski definition) is 3. The van der Waals surface area contributed by atoms with Crippen LogP contribution in [-0.4, -0.2) is 15.0 Å². The molecule has 1 aliphatic rings. The highest BCUT2D eigenvalue weighted by molar-refractivity contribution is 9.10. The molecule has 3 N–H and O–H groups in total. The summed E-state index contributed by atoms with van der Waals surface area (Å²) in [6.07, 6.45) is 1.01. The minimum absolute atomic E-state index is 0.0441. The molecule has 1 aromatic carbocycles. The first-order chi connectivity index (χ1) is 8.31. The van der Waals surface area contributed by atoms with Gasteiger partial charge in [0.25, 0.3) is 0 Å². The summed E-state index contributed by atoms with van der Waals surface area (Å²) < 4.78 is 40.2. The number of nitrogens with two attached hydrogens (primary N) is 1. The Labute approximate surface area is 114 Å². The number of anilines is 1. The molecule has 0 bridgehead atoms. The predicted molar refractivity (Wildman–Crippen MR) is 71.0 cm³/mol. The molecule has 1 saturated carbocycles. The summed E-state index contributed by atoms with van der Waals surface area (Å²) in [5.74, 6) is 0.0676. The maximum Gasteiger partial charge on any atom is 0.243 e. The molecule has 100 valence electrons. The van der Waals surface area contributed by atoms with E-state index in [1.807, 2.05) is 0 Å². The van der Waals surface area contributed by atoms with E-state index in [0.717, 1.165) is 12.5 Å². The topological polar surface area (TPSA) is 72.2 Å². The van der Waals surface area contributed by atoms with E-state index in [1.54, 1.807) is 0 Å². The largest absolute Gasteiger partial charge is 0.399 e. The molecule has 2 atom stereocenters. The Morgan fingerprint density at radius 2 is 2.17 bits per heavy atom. The van der Waals surface area contributed by atoms with Crippen molar-refractivity contribution >= 4 is 31.6 Å². The van der Waals surface area contributed by atoms with Gasteiger partial charge in [0.05, 0.1) is 4.47 Å². The quantitative estimate of drug-likeness (QED) is 0.827. The van der Waals surface area contributed by atoms with Gasteiger partial charge in [-0.05, 0) is 46.3 Å². The molecular formula is C11H14BrFN2O2S. The second-order valence-electron chi connectivity index (χ2n) is 4.64. The summed E-state index contributed by atoms with van der Waals surface area (Å²) in [4.78, 5) is -0.414. The Kier molecular flexibility index (Phi) is 3.66. The molecule has 7 heteroatoms. The number of hydrogen-bond donors (Lipinski definition) is 2. The molecule has 0 saturated heterocycles. The first kappa shape index (κ1) is 13.8. The number of benzene rings is 1. The van der Waals surface area contributed by atoms with Crippen LogP contribution in [-0.2, 0) is 10.0 Å². The standard InChI is InChI=1S/C11H14BrFN2O2S/c1-6-2-7(6)5-15-18(16,17)10-4-8(14)3-9(12)11(10)13/h3-4,6-7,15H,2,5,14H2,1H3. The first-order valence-electron chi connectivity index (χ1n) is 5.55. The van der Waals surface area contributed by atoms with Crippen LogP contribution < -0.4 is 10.5 Å². The van der Waals surface area contributed by atoms with Gasteiger partial charge in [-0.3, -0.25) is 0 Å². The van der Waals surface area contributed by atoms with Crippen LogP contribution in [0.15, 0.2) is 21.5 Å². The molecule has 0 amide bonds. The van der Waals surface area contributed by atoms with Gasteiger partial charge in [0, 0.05) is 12.2 Å². The molecule has 1 aliphatic carbocycles. The van der Waals surface area contributed by atoms with Gasteiger partial charge in [-0.25, -0.2) is 17.5 Å². The zero-order valence-electron chi connectivity index (χ0n) is 9.78. The summed E-state index contributed by atoms with van der Waals surface area (Å²) in [5, 5.41) is 0. The van der Waals surface area contributed by atoms with Crippen LogP contribution in [0.3, 0.4) is 0 Å². The lowest BCUT2D eigenvalue weighted by Crippen LogP contribution is -2.27. The van der Waals surface area contributed by atoms with Crippen molar-refractivity contribution in [3.05, 3.63) is 22.4 Å². The lowest BCUT2D eigenvalue weighted by molar-refractivity contribution is 0.550. The summed E-state index contributed by atoms with van der Waals surface area (Å²) >= 11 is 2.94. The number of nitrogen functional groups attached to an aromatic ring is 1. The van der Waals surface area contributed by atoms with Crippen LogP contribution in [0.5, 0.6) is 0 Å². The van der Waals surface area contributed by atoms with E-state index in [-0.39, 0.29) is 10.2 Å². The van der Waals surface area contributed by atoms with E-state index < -0.39 is 20.7 Å². The van der Waals surface area contributed by atoms with Crippen LogP contribution >= 0.6 is 15.9 Å². The molecule has 1 fully saturated rings. The van der Waals surface area contributed by atoms with Gasteiger partial charge in [0.15, 0.2) is 5.82 Å². The fraction of sp³-hybridized carbons (Fsp3) is 0.455. The van der Waals surface area contributed by atoms with Crippen molar-refractivity contribution in [2.24, 2.45) is 11.8 Å². The summed E-state index contributed by atoms with van der Waals surface area (Å²) in [7, 11) is -3.85. The zero-order valence-corrected chi connectivity index (χ0v) is 12.2. The van der Waals surface area contributed by atoms with Crippen LogP contribution in [0.25, 0.3) is 0 Å². The maximum atomic E-state index is 13.8. The Morgan fingerprint density at radius 3 is 2.72 bits per heavy atom. The monoisotopic (exact) mass is 336 g/mol. The van der Waals surface area contributed by atoms with Crippen molar-refractivity contribution in [1.29, 1.82) is 0 Å². The Morgan fingerprint density at radius 1 is 1.56 bits per heavy atom. The van der Waals surface area contributed by atoms with Crippen molar-refractivity contribution < 1.29 is 12.8 Å². The number of nitrogens with one attached hydrogen (secondary N) is 1. The van der Waals surface area contributed by atoms with Gasteiger partial charge < -0.3 is 5.73 Å². The Bertz CT molecular complexity index is 577. The normalized spacial score (nSPS) is 23.1. The molecular weight excluding hydrogens is 323 g/mol. The minimum Gasteiger partial charge on any atom is -0.399 e. The van der Waals surface area contributed by atoms with E-state index >= 15 is 0 Å². The Balaban J connectivity index is 2.23. The van der Waals surface area contributed by atoms with Gasteiger partial charge in [0.2, 0.25) is 10.0 Å². The molecule has 1 aromatic rings. The molecule has 2 rings (SSSR count). The smallest absolute Gasteiger partial charge is 0.243 e. The van der Waals surface area contributed by atoms with Gasteiger partial charge in [-0.2, -0.15) is 0 Å². The van der Waals surface area contributed by atoms with Crippen LogP contribution in [0.4, 0.5) is 10.1 Å². The number of sulfonamides is 1. The highest BCUT2D eigenvalue weighted by atomic mass is 79.9. The highest BCUT2D eigenvalue weighted by Crippen LogP contribution is 2.37. The fourth-order valence-electron chi connectivity index (χ4n) is 1.76. The molecule has 0 aromatic heterocycles. The summed E-state index contributed by atoms with van der Waals surface area (Å²) in [5.41, 5.74) is 5.72. The summed E-state index contributed by atoms with van der Waals surface area (Å²) in [6.45, 7) is 2.39. The van der Waals surface area contributed by atoms with Gasteiger partial charge in [0.1, 0.15) is 4.90 Å². The third-order valence-electron chi connectivity index (χ3n) is 3.12. The first-order valence-corrected chi connectivity index (χ1v) is 7.83. The SMILES string of the molecule is CC1CC1CNS(=O)(=O)c1cc(N)cc(Br)c1F.